The maximum atomic E-state index is 5.09. The molecule has 0 saturated heterocycles. The number of hydrogen-bond donors (Lipinski definition) is 2. The molecule has 0 amide bonds. The maximum Gasteiger partial charge on any atom is 0.0124 e. The molecule has 0 aliphatic heterocycles. The van der Waals surface area contributed by atoms with Crippen LogP contribution in [0, 0.1) is 0 Å². The predicted octanol–water partition coefficient (Wildman–Crippen LogP) is 0.704. The lowest BCUT2D eigenvalue weighted by Crippen LogP contribution is -1.97. The van der Waals surface area contributed by atoms with Crippen molar-refractivity contribution in [2.45, 2.75) is 13.8 Å². The van der Waals surface area contributed by atoms with Crippen LogP contribution in [0.4, 0.5) is 0 Å². The molecular formula is C6H16N2. The van der Waals surface area contributed by atoms with E-state index >= 15 is 0 Å². The molecule has 0 radical (unpaired) electrons. The Morgan fingerprint density at radius 2 is 2.00 bits per heavy atom. The van der Waals surface area contributed by atoms with E-state index in [4.69, 9.17) is 5.73 Å². The summed E-state index contributed by atoms with van der Waals surface area (Å²) in [6.07, 6.45) is 3.65. The van der Waals surface area contributed by atoms with Crippen molar-refractivity contribution in [2.24, 2.45) is 5.73 Å². The second-order valence-electron chi connectivity index (χ2n) is 0.927. The molecule has 0 atom stereocenters. The summed E-state index contributed by atoms with van der Waals surface area (Å²) in [4.78, 5) is 0. The third-order valence-electron chi connectivity index (χ3n) is 0.421. The van der Waals surface area contributed by atoms with Gasteiger partial charge in [-0.25, -0.2) is 0 Å². The first-order valence-electron chi connectivity index (χ1n) is 2.94. The number of nitrogens with one attached hydrogen (secondary N) is 1. The highest BCUT2D eigenvalue weighted by atomic mass is 14.8. The molecule has 0 aliphatic rings. The molecule has 3 N–H and O–H groups in total. The fraction of sp³-hybridized carbons (Fsp3) is 0.667. The highest BCUT2D eigenvalue weighted by Gasteiger charge is 1.56. The van der Waals surface area contributed by atoms with Crippen LogP contribution in [0.3, 0.4) is 0 Å². The third-order valence-corrected chi connectivity index (χ3v) is 0.421. The Morgan fingerprint density at radius 1 is 1.50 bits per heavy atom. The summed E-state index contributed by atoms with van der Waals surface area (Å²) < 4.78 is 0. The zero-order chi connectivity index (χ0) is 6.83. The molecule has 0 aliphatic carbocycles. The lowest BCUT2D eigenvalue weighted by molar-refractivity contribution is 1.08. The Bertz CT molecular complexity index is 35.8. The van der Waals surface area contributed by atoms with Gasteiger partial charge in [0.1, 0.15) is 0 Å². The molecule has 0 aromatic carbocycles. The molecule has 50 valence electrons. The largest absolute Gasteiger partial charge is 0.394 e. The van der Waals surface area contributed by atoms with E-state index in [1.807, 2.05) is 27.0 Å². The number of rotatable bonds is 2. The third kappa shape index (κ3) is 17.8. The van der Waals surface area contributed by atoms with Gasteiger partial charge in [0.15, 0.2) is 0 Å². The zero-order valence-corrected chi connectivity index (χ0v) is 5.94. The van der Waals surface area contributed by atoms with Gasteiger partial charge in [-0.15, -0.1) is 0 Å². The van der Waals surface area contributed by atoms with Crippen molar-refractivity contribution in [1.82, 2.24) is 5.32 Å². The van der Waals surface area contributed by atoms with Gasteiger partial charge >= 0.3 is 0 Å². The van der Waals surface area contributed by atoms with Crippen molar-refractivity contribution < 1.29 is 0 Å². The van der Waals surface area contributed by atoms with Crippen molar-refractivity contribution in [2.75, 3.05) is 13.6 Å². The van der Waals surface area contributed by atoms with Gasteiger partial charge in [-0.2, -0.15) is 0 Å². The van der Waals surface area contributed by atoms with Crippen LogP contribution in [0.5, 0.6) is 0 Å². The van der Waals surface area contributed by atoms with Gasteiger partial charge in [0.2, 0.25) is 0 Å². The summed E-state index contributed by atoms with van der Waals surface area (Å²) in [7, 11) is 1.84. The van der Waals surface area contributed by atoms with Crippen molar-refractivity contribution in [3.63, 3.8) is 0 Å². The molecule has 0 saturated carbocycles. The van der Waals surface area contributed by atoms with Crippen LogP contribution in [-0.2, 0) is 0 Å². The average molecular weight is 116 g/mol. The van der Waals surface area contributed by atoms with E-state index in [1.165, 1.54) is 0 Å². The molecule has 2 nitrogen and oxygen atoms in total. The van der Waals surface area contributed by atoms with Crippen LogP contribution < -0.4 is 11.1 Å². The standard InChI is InChI=1S/C4H10N2.C2H6/c1-6-4-2-3-5;1-2/h2,4,6H,3,5H2,1H3;1-2H3/b4-2-;. The summed E-state index contributed by atoms with van der Waals surface area (Å²) in [6.45, 7) is 4.61. The lowest BCUT2D eigenvalue weighted by Gasteiger charge is -1.79. The average Bonchev–Trinajstić information content (AvgIpc) is 1.88. The fourth-order valence-electron chi connectivity index (χ4n) is 0.186. The summed E-state index contributed by atoms with van der Waals surface area (Å²) in [5.41, 5.74) is 5.09. The second-order valence-corrected chi connectivity index (χ2v) is 0.927. The summed E-state index contributed by atoms with van der Waals surface area (Å²) >= 11 is 0. The Labute approximate surface area is 51.8 Å². The first-order valence-corrected chi connectivity index (χ1v) is 2.94. The van der Waals surface area contributed by atoms with Gasteiger partial charge in [-0.05, 0) is 6.20 Å². The van der Waals surface area contributed by atoms with E-state index in [-0.39, 0.29) is 0 Å². The Hall–Kier alpha value is -0.500. The molecule has 0 aromatic rings. The van der Waals surface area contributed by atoms with E-state index in [9.17, 15) is 0 Å². The van der Waals surface area contributed by atoms with Crippen LogP contribution in [0.2, 0.25) is 0 Å². The van der Waals surface area contributed by atoms with Crippen molar-refractivity contribution in [3.05, 3.63) is 12.3 Å². The molecule has 0 unspecified atom stereocenters. The summed E-state index contributed by atoms with van der Waals surface area (Å²) in [5, 5.41) is 2.81. The first kappa shape index (κ1) is 10.5. The van der Waals surface area contributed by atoms with Crippen LogP contribution in [0.25, 0.3) is 0 Å². The minimum absolute atomic E-state index is 0.612. The minimum Gasteiger partial charge on any atom is -0.394 e. The maximum absolute atomic E-state index is 5.09. The molecule has 0 heterocycles. The van der Waals surface area contributed by atoms with Gasteiger partial charge in [0.05, 0.1) is 0 Å². The van der Waals surface area contributed by atoms with E-state index in [2.05, 4.69) is 5.32 Å². The Morgan fingerprint density at radius 3 is 2.12 bits per heavy atom. The summed E-state index contributed by atoms with van der Waals surface area (Å²) in [6, 6.07) is 0. The fourth-order valence-corrected chi connectivity index (χ4v) is 0.186. The highest BCUT2D eigenvalue weighted by molar-refractivity contribution is 4.77. The van der Waals surface area contributed by atoms with E-state index in [1.54, 1.807) is 6.20 Å². The smallest absolute Gasteiger partial charge is 0.0124 e. The SMILES string of the molecule is CC.CN/C=C\CN. The minimum atomic E-state index is 0.612. The van der Waals surface area contributed by atoms with Crippen LogP contribution >= 0.6 is 0 Å². The van der Waals surface area contributed by atoms with Gasteiger partial charge in [0.25, 0.3) is 0 Å². The molecule has 0 aromatic heterocycles. The van der Waals surface area contributed by atoms with Crippen molar-refractivity contribution in [1.29, 1.82) is 0 Å². The monoisotopic (exact) mass is 116 g/mol. The van der Waals surface area contributed by atoms with E-state index in [0.717, 1.165) is 0 Å². The number of hydrogen-bond acceptors (Lipinski definition) is 2. The van der Waals surface area contributed by atoms with E-state index in [0.29, 0.717) is 6.54 Å². The van der Waals surface area contributed by atoms with Crippen LogP contribution in [-0.4, -0.2) is 13.6 Å². The van der Waals surface area contributed by atoms with E-state index < -0.39 is 0 Å². The quantitative estimate of drug-likeness (QED) is 0.557. The zero-order valence-electron chi connectivity index (χ0n) is 5.94. The van der Waals surface area contributed by atoms with Gasteiger partial charge < -0.3 is 11.1 Å². The predicted molar refractivity (Wildman–Crippen MR) is 38.6 cm³/mol. The lowest BCUT2D eigenvalue weighted by atomic mass is 10.6. The normalized spacial score (nSPS) is 8.00. The van der Waals surface area contributed by atoms with Crippen LogP contribution in [0.1, 0.15) is 13.8 Å². The van der Waals surface area contributed by atoms with Gasteiger partial charge in [0, 0.05) is 13.6 Å². The Kier molecular flexibility index (Phi) is 21.0. The second kappa shape index (κ2) is 16.1. The molecule has 0 rings (SSSR count). The molecule has 0 fully saturated rings. The molecule has 0 bridgehead atoms. The molecule has 0 spiro atoms. The Balaban J connectivity index is 0. The summed E-state index contributed by atoms with van der Waals surface area (Å²) in [5.74, 6) is 0. The van der Waals surface area contributed by atoms with Gasteiger partial charge in [-0.1, -0.05) is 19.9 Å². The van der Waals surface area contributed by atoms with Crippen molar-refractivity contribution in [3.8, 4) is 0 Å². The molecular weight excluding hydrogens is 100 g/mol. The van der Waals surface area contributed by atoms with Crippen LogP contribution in [0.15, 0.2) is 12.3 Å². The van der Waals surface area contributed by atoms with Crippen molar-refractivity contribution >= 4 is 0 Å². The number of nitrogens with two attached hydrogens (primary N) is 1. The first-order chi connectivity index (χ1) is 3.91. The van der Waals surface area contributed by atoms with Gasteiger partial charge in [-0.3, -0.25) is 0 Å². The molecule has 8 heavy (non-hydrogen) atoms. The molecule has 2 heteroatoms. The topological polar surface area (TPSA) is 38.0 Å². The highest BCUT2D eigenvalue weighted by Crippen LogP contribution is 1.54.